The van der Waals surface area contributed by atoms with Crippen LogP contribution in [0.2, 0.25) is 5.02 Å². The molecule has 0 aliphatic rings. The van der Waals surface area contributed by atoms with E-state index in [2.05, 4.69) is 15.6 Å². The van der Waals surface area contributed by atoms with Gasteiger partial charge in [0.1, 0.15) is 24.0 Å². The van der Waals surface area contributed by atoms with E-state index in [0.717, 1.165) is 17.0 Å². The molecule has 0 radical (unpaired) electrons. The van der Waals surface area contributed by atoms with E-state index in [1.807, 2.05) is 19.1 Å². The lowest BCUT2D eigenvalue weighted by Crippen LogP contribution is -2.16. The number of aromatic nitrogens is 3. The first-order valence-electron chi connectivity index (χ1n) is 7.56. The fraction of sp³-hybridized carbons (Fsp3) is 0.176. The summed E-state index contributed by atoms with van der Waals surface area (Å²) < 4.78 is 21.0. The molecule has 0 saturated heterocycles. The molecular weight excluding hydrogens is 363 g/mol. The maximum absolute atomic E-state index is 13.0. The number of rotatable bonds is 6. The minimum atomic E-state index is -0.271. The number of H-pyrrole nitrogens is 1. The average Bonchev–Trinajstić information content (AvgIpc) is 2.92. The SMILES string of the molecule is Cc1n[nH]c(=S)n1NCc1cc(Cl)ccc1OCc1ccc(F)cc1. The lowest BCUT2D eigenvalue weighted by molar-refractivity contribution is 0.303. The van der Waals surface area contributed by atoms with Gasteiger partial charge in [0.25, 0.3) is 0 Å². The third kappa shape index (κ3) is 4.37. The van der Waals surface area contributed by atoms with Gasteiger partial charge in [-0.15, -0.1) is 0 Å². The Bertz CT molecular complexity index is 923. The van der Waals surface area contributed by atoms with Gasteiger partial charge in [-0.05, 0) is 55.0 Å². The van der Waals surface area contributed by atoms with Gasteiger partial charge >= 0.3 is 0 Å². The number of nitrogens with zero attached hydrogens (tertiary/aromatic N) is 2. The van der Waals surface area contributed by atoms with Crippen molar-refractivity contribution in [2.75, 3.05) is 5.43 Å². The van der Waals surface area contributed by atoms with E-state index in [9.17, 15) is 4.39 Å². The van der Waals surface area contributed by atoms with Gasteiger partial charge in [0.2, 0.25) is 4.77 Å². The van der Waals surface area contributed by atoms with Crippen molar-refractivity contribution in [2.24, 2.45) is 0 Å². The van der Waals surface area contributed by atoms with E-state index in [1.165, 1.54) is 12.1 Å². The first kappa shape index (κ1) is 17.4. The maximum atomic E-state index is 13.0. The largest absolute Gasteiger partial charge is 0.489 e. The standard InChI is InChI=1S/C17H16ClFN4OS/c1-11-21-22-17(25)23(11)20-9-13-8-14(18)4-7-16(13)24-10-12-2-5-15(19)6-3-12/h2-8,20H,9-10H2,1H3,(H,22,25). The molecule has 0 aliphatic carbocycles. The molecule has 0 atom stereocenters. The van der Waals surface area contributed by atoms with Crippen LogP contribution >= 0.6 is 23.8 Å². The van der Waals surface area contributed by atoms with Crippen LogP contribution in [-0.4, -0.2) is 14.9 Å². The van der Waals surface area contributed by atoms with Crippen molar-refractivity contribution in [1.29, 1.82) is 0 Å². The number of halogens is 2. The Kier molecular flexibility index (Phi) is 5.35. The molecule has 25 heavy (non-hydrogen) atoms. The molecule has 2 aromatic carbocycles. The summed E-state index contributed by atoms with van der Waals surface area (Å²) in [6, 6.07) is 11.6. The molecule has 1 aromatic heterocycles. The summed E-state index contributed by atoms with van der Waals surface area (Å²) in [5.74, 6) is 1.14. The minimum Gasteiger partial charge on any atom is -0.489 e. The number of ether oxygens (including phenoxy) is 1. The van der Waals surface area contributed by atoms with Crippen LogP contribution in [0.15, 0.2) is 42.5 Å². The van der Waals surface area contributed by atoms with Gasteiger partial charge in [0, 0.05) is 10.6 Å². The Morgan fingerprint density at radius 2 is 2.04 bits per heavy atom. The van der Waals surface area contributed by atoms with Crippen molar-refractivity contribution in [3.8, 4) is 5.75 Å². The molecule has 0 aliphatic heterocycles. The first-order chi connectivity index (χ1) is 12.0. The molecule has 0 fully saturated rings. The Morgan fingerprint density at radius 1 is 1.28 bits per heavy atom. The topological polar surface area (TPSA) is 54.9 Å². The maximum Gasteiger partial charge on any atom is 0.214 e. The summed E-state index contributed by atoms with van der Waals surface area (Å²) in [5, 5.41) is 7.37. The van der Waals surface area contributed by atoms with Crippen LogP contribution in [0.1, 0.15) is 17.0 Å². The van der Waals surface area contributed by atoms with E-state index >= 15 is 0 Å². The lowest BCUT2D eigenvalue weighted by atomic mass is 10.2. The average molecular weight is 379 g/mol. The first-order valence-corrected chi connectivity index (χ1v) is 8.35. The molecular formula is C17H16ClFN4OS. The number of hydrogen-bond donors (Lipinski definition) is 2. The second kappa shape index (κ2) is 7.67. The molecule has 1 heterocycles. The second-order valence-electron chi connectivity index (χ2n) is 5.41. The van der Waals surface area contributed by atoms with Gasteiger partial charge in [-0.1, -0.05) is 23.7 Å². The molecule has 3 aromatic rings. The number of benzene rings is 2. The smallest absolute Gasteiger partial charge is 0.214 e. The zero-order valence-electron chi connectivity index (χ0n) is 13.4. The van der Waals surface area contributed by atoms with Crippen LogP contribution < -0.4 is 10.2 Å². The summed E-state index contributed by atoms with van der Waals surface area (Å²) in [4.78, 5) is 0. The fourth-order valence-corrected chi connectivity index (χ4v) is 2.73. The van der Waals surface area contributed by atoms with Crippen LogP contribution in [-0.2, 0) is 13.2 Å². The molecule has 130 valence electrons. The van der Waals surface area contributed by atoms with E-state index in [1.54, 1.807) is 22.9 Å². The van der Waals surface area contributed by atoms with Crippen LogP contribution in [0.3, 0.4) is 0 Å². The van der Waals surface area contributed by atoms with Gasteiger partial charge in [-0.2, -0.15) is 5.10 Å². The monoisotopic (exact) mass is 378 g/mol. The normalized spacial score (nSPS) is 10.7. The van der Waals surface area contributed by atoms with Gasteiger partial charge in [-0.3, -0.25) is 5.10 Å². The summed E-state index contributed by atoms with van der Waals surface area (Å²) in [6.07, 6.45) is 0. The highest BCUT2D eigenvalue weighted by Gasteiger charge is 2.07. The van der Waals surface area contributed by atoms with Crippen molar-refractivity contribution >= 4 is 23.8 Å². The highest BCUT2D eigenvalue weighted by molar-refractivity contribution is 7.71. The fourth-order valence-electron chi connectivity index (χ4n) is 2.29. The molecule has 8 heteroatoms. The van der Waals surface area contributed by atoms with Crippen LogP contribution in [0.5, 0.6) is 5.75 Å². The van der Waals surface area contributed by atoms with Crippen LogP contribution in [0.4, 0.5) is 4.39 Å². The summed E-state index contributed by atoms with van der Waals surface area (Å²) in [5.41, 5.74) is 4.93. The van der Waals surface area contributed by atoms with Gasteiger partial charge in [-0.25, -0.2) is 9.07 Å². The van der Waals surface area contributed by atoms with Gasteiger partial charge in [0.05, 0.1) is 6.54 Å². The molecule has 2 N–H and O–H groups in total. The van der Waals surface area contributed by atoms with E-state index in [-0.39, 0.29) is 5.82 Å². The molecule has 0 unspecified atom stereocenters. The molecule has 5 nitrogen and oxygen atoms in total. The predicted molar refractivity (Wildman–Crippen MR) is 97.4 cm³/mol. The second-order valence-corrected chi connectivity index (χ2v) is 6.24. The van der Waals surface area contributed by atoms with Crippen molar-refractivity contribution in [3.63, 3.8) is 0 Å². The van der Waals surface area contributed by atoms with Crippen molar-refractivity contribution in [2.45, 2.75) is 20.1 Å². The van der Waals surface area contributed by atoms with Gasteiger partial charge in [0.15, 0.2) is 0 Å². The Labute approximate surface area is 154 Å². The molecule has 3 rings (SSSR count). The summed E-state index contributed by atoms with van der Waals surface area (Å²) in [6.45, 7) is 2.62. The zero-order chi connectivity index (χ0) is 17.8. The van der Waals surface area contributed by atoms with Crippen molar-refractivity contribution < 1.29 is 9.13 Å². The Balaban J connectivity index is 1.73. The summed E-state index contributed by atoms with van der Waals surface area (Å²) in [7, 11) is 0. The van der Waals surface area contributed by atoms with Crippen molar-refractivity contribution in [1.82, 2.24) is 14.9 Å². The van der Waals surface area contributed by atoms with Crippen LogP contribution in [0.25, 0.3) is 0 Å². The highest BCUT2D eigenvalue weighted by Crippen LogP contribution is 2.24. The molecule has 0 bridgehead atoms. The summed E-state index contributed by atoms with van der Waals surface area (Å²) >= 11 is 11.3. The van der Waals surface area contributed by atoms with Crippen LogP contribution in [0, 0.1) is 17.5 Å². The number of aromatic amines is 1. The van der Waals surface area contributed by atoms with E-state index in [4.69, 9.17) is 28.6 Å². The molecule has 0 amide bonds. The zero-order valence-corrected chi connectivity index (χ0v) is 15.0. The third-order valence-electron chi connectivity index (χ3n) is 3.60. The minimum absolute atomic E-state index is 0.271. The quantitative estimate of drug-likeness (QED) is 0.625. The predicted octanol–water partition coefficient (Wildman–Crippen LogP) is 4.36. The van der Waals surface area contributed by atoms with Crippen molar-refractivity contribution in [3.05, 3.63) is 75.0 Å². The molecule has 0 saturated carbocycles. The van der Waals surface area contributed by atoms with Gasteiger partial charge < -0.3 is 10.2 Å². The Hall–Kier alpha value is -2.38. The number of hydrogen-bond acceptors (Lipinski definition) is 4. The Morgan fingerprint density at radius 3 is 2.72 bits per heavy atom. The number of aryl methyl sites for hydroxylation is 1. The highest BCUT2D eigenvalue weighted by atomic mass is 35.5. The third-order valence-corrected chi connectivity index (χ3v) is 4.11. The lowest BCUT2D eigenvalue weighted by Gasteiger charge is -2.14. The number of nitrogens with one attached hydrogen (secondary N) is 2. The van der Waals surface area contributed by atoms with E-state index < -0.39 is 0 Å². The molecule has 0 spiro atoms. The van der Waals surface area contributed by atoms with E-state index in [0.29, 0.717) is 28.7 Å².